The normalized spacial score (nSPS) is 26.4. The van der Waals surface area contributed by atoms with E-state index in [1.54, 1.807) is 35.4 Å². The molecule has 1 aromatic carbocycles. The van der Waals surface area contributed by atoms with Crippen LogP contribution in [0.4, 0.5) is 0 Å². The molecule has 2 heterocycles. The van der Waals surface area contributed by atoms with Crippen LogP contribution in [0.2, 0.25) is 0 Å². The fourth-order valence-electron chi connectivity index (χ4n) is 6.16. The van der Waals surface area contributed by atoms with Gasteiger partial charge in [0.05, 0.1) is 6.26 Å². The zero-order chi connectivity index (χ0) is 25.9. The number of fused-ring (bicyclic) bond motifs is 1. The lowest BCUT2D eigenvalue weighted by Gasteiger charge is -2.60. The molecule has 1 aliphatic heterocycles. The summed E-state index contributed by atoms with van der Waals surface area (Å²) in [6.45, 7) is 9.30. The van der Waals surface area contributed by atoms with Crippen LogP contribution in [0.3, 0.4) is 0 Å². The number of ether oxygens (including phenoxy) is 1. The van der Waals surface area contributed by atoms with Crippen LogP contribution < -0.4 is 0 Å². The molecule has 4 rings (SSSR count). The van der Waals surface area contributed by atoms with E-state index in [0.717, 1.165) is 29.9 Å². The Morgan fingerprint density at radius 2 is 2.14 bits per heavy atom. The van der Waals surface area contributed by atoms with Gasteiger partial charge in [-0.2, -0.15) is 0 Å². The minimum absolute atomic E-state index is 0.0513. The third-order valence-electron chi connectivity index (χ3n) is 8.00. The maximum Gasteiger partial charge on any atom is 0.303 e. The fraction of sp³-hybridized carbons (Fsp3) is 0.448. The monoisotopic (exact) mass is 492 g/mol. The first-order chi connectivity index (χ1) is 17.2. The molecule has 1 saturated carbocycles. The number of carbonyl (C=O) groups is 2. The molecule has 2 aromatic rings. The van der Waals surface area contributed by atoms with Crippen molar-refractivity contribution in [2.75, 3.05) is 26.7 Å². The zero-order valence-corrected chi connectivity index (χ0v) is 21.4. The molecule has 192 valence electrons. The fourth-order valence-corrected chi connectivity index (χ4v) is 6.16. The van der Waals surface area contributed by atoms with Gasteiger partial charge in [-0.1, -0.05) is 18.2 Å². The Labute approximate surface area is 213 Å². The van der Waals surface area contributed by atoms with Crippen molar-refractivity contribution >= 4 is 18.0 Å². The van der Waals surface area contributed by atoms with Crippen molar-refractivity contribution in [3.8, 4) is 5.75 Å². The molecule has 2 aliphatic rings. The number of hydrogen-bond donors (Lipinski definition) is 1. The second-order valence-electron chi connectivity index (χ2n) is 10.1. The lowest BCUT2D eigenvalue weighted by molar-refractivity contribution is -0.189. The molecular formula is C29H36N2O5. The van der Waals surface area contributed by atoms with Gasteiger partial charge in [-0.25, -0.2) is 0 Å². The van der Waals surface area contributed by atoms with E-state index in [4.69, 9.17) is 9.15 Å². The third-order valence-corrected chi connectivity index (χ3v) is 8.00. The third kappa shape index (κ3) is 4.85. The van der Waals surface area contributed by atoms with Crippen LogP contribution >= 0.6 is 0 Å². The van der Waals surface area contributed by atoms with E-state index in [1.807, 2.05) is 38.2 Å². The Bertz CT molecular complexity index is 1150. The summed E-state index contributed by atoms with van der Waals surface area (Å²) < 4.78 is 11.6. The number of aromatic hydroxyl groups is 1. The Kier molecular flexibility index (Phi) is 7.41. The van der Waals surface area contributed by atoms with Gasteiger partial charge in [0, 0.05) is 50.2 Å². The highest BCUT2D eigenvalue weighted by atomic mass is 16.6. The average molecular weight is 493 g/mol. The van der Waals surface area contributed by atoms with Crippen LogP contribution in [-0.4, -0.2) is 65.1 Å². The maximum atomic E-state index is 13.2. The minimum atomic E-state index is -0.766. The number of rotatable bonds is 7. The Hall–Kier alpha value is -3.32. The highest BCUT2D eigenvalue weighted by Crippen LogP contribution is 2.54. The second-order valence-corrected chi connectivity index (χ2v) is 10.1. The summed E-state index contributed by atoms with van der Waals surface area (Å²) in [6, 6.07) is 9.06. The minimum Gasteiger partial charge on any atom is -0.508 e. The van der Waals surface area contributed by atoms with Crippen molar-refractivity contribution in [2.45, 2.75) is 56.6 Å². The van der Waals surface area contributed by atoms with Gasteiger partial charge in [0.2, 0.25) is 5.91 Å². The predicted molar refractivity (Wildman–Crippen MR) is 138 cm³/mol. The number of phenols is 1. The highest BCUT2D eigenvalue weighted by Gasteiger charge is 2.61. The molecule has 36 heavy (non-hydrogen) atoms. The van der Waals surface area contributed by atoms with E-state index in [2.05, 4.69) is 11.5 Å². The number of aryl methyl sites for hydroxylation is 1. The van der Waals surface area contributed by atoms with Crippen molar-refractivity contribution < 1.29 is 23.8 Å². The van der Waals surface area contributed by atoms with Gasteiger partial charge in [-0.15, -0.1) is 6.58 Å². The molecular weight excluding hydrogens is 456 g/mol. The molecule has 1 aromatic heterocycles. The van der Waals surface area contributed by atoms with Gasteiger partial charge >= 0.3 is 5.97 Å². The van der Waals surface area contributed by atoms with Gasteiger partial charge in [-0.3, -0.25) is 14.5 Å². The number of likely N-dealkylation sites (N-methyl/N-ethyl adjacent to an activating group) is 1. The number of hydrogen-bond acceptors (Lipinski definition) is 6. The van der Waals surface area contributed by atoms with E-state index in [9.17, 15) is 14.7 Å². The van der Waals surface area contributed by atoms with Crippen molar-refractivity contribution in [1.29, 1.82) is 0 Å². The number of phenolic OH excluding ortho intramolecular Hbond substituents is 1. The number of piperidine rings is 1. The molecule has 1 aliphatic carbocycles. The topological polar surface area (TPSA) is 83.2 Å². The summed E-state index contributed by atoms with van der Waals surface area (Å²) >= 11 is 0. The summed E-state index contributed by atoms with van der Waals surface area (Å²) in [5.74, 6) is 0.536. The molecule has 0 bridgehead atoms. The van der Waals surface area contributed by atoms with E-state index in [1.165, 1.54) is 6.92 Å². The molecule has 7 nitrogen and oxygen atoms in total. The van der Waals surface area contributed by atoms with E-state index < -0.39 is 11.0 Å². The molecule has 0 unspecified atom stereocenters. The summed E-state index contributed by atoms with van der Waals surface area (Å²) in [7, 11) is 1.83. The number of nitrogens with zero attached hydrogens (tertiary/aromatic N) is 2. The summed E-state index contributed by atoms with van der Waals surface area (Å²) in [5, 5.41) is 10.4. The largest absolute Gasteiger partial charge is 0.508 e. The number of furan rings is 1. The van der Waals surface area contributed by atoms with Gasteiger partial charge < -0.3 is 19.2 Å². The number of benzene rings is 1. The van der Waals surface area contributed by atoms with E-state index in [-0.39, 0.29) is 23.7 Å². The first-order valence-corrected chi connectivity index (χ1v) is 12.5. The van der Waals surface area contributed by atoms with Gasteiger partial charge in [0.15, 0.2) is 0 Å². The SMILES string of the molecule is C=CCN1CC[C@@]2(c3cccc(O)c3)C[C@H](N(C)C(=O)/C=C/c3ccoc3C)CC[C@]2(OC(C)=O)C1. The Balaban J connectivity index is 1.69. The molecule has 1 N–H and O–H groups in total. The molecule has 3 atom stereocenters. The molecule has 0 spiro atoms. The van der Waals surface area contributed by atoms with Gasteiger partial charge in [0.25, 0.3) is 0 Å². The molecule has 1 saturated heterocycles. The maximum absolute atomic E-state index is 13.2. The van der Waals surface area contributed by atoms with Crippen LogP contribution in [0.25, 0.3) is 6.08 Å². The molecule has 1 amide bonds. The Morgan fingerprint density at radius 3 is 2.81 bits per heavy atom. The molecule has 2 fully saturated rings. The average Bonchev–Trinajstić information content (AvgIpc) is 3.26. The Morgan fingerprint density at radius 1 is 1.33 bits per heavy atom. The first kappa shape index (κ1) is 25.8. The van der Waals surface area contributed by atoms with Crippen LogP contribution in [-0.2, 0) is 19.7 Å². The van der Waals surface area contributed by atoms with Crippen molar-refractivity contribution in [3.05, 3.63) is 72.2 Å². The van der Waals surface area contributed by atoms with Crippen molar-refractivity contribution in [1.82, 2.24) is 9.80 Å². The summed E-state index contributed by atoms with van der Waals surface area (Å²) in [5.41, 5.74) is 0.507. The van der Waals surface area contributed by atoms with E-state index >= 15 is 0 Å². The summed E-state index contributed by atoms with van der Waals surface area (Å²) in [4.78, 5) is 29.6. The molecule has 7 heteroatoms. The van der Waals surface area contributed by atoms with Crippen LogP contribution in [0.15, 0.2) is 59.7 Å². The van der Waals surface area contributed by atoms with Crippen molar-refractivity contribution in [2.24, 2.45) is 0 Å². The molecule has 0 radical (unpaired) electrons. The van der Waals surface area contributed by atoms with E-state index in [0.29, 0.717) is 32.4 Å². The predicted octanol–water partition coefficient (Wildman–Crippen LogP) is 4.45. The number of carbonyl (C=O) groups excluding carboxylic acids is 2. The van der Waals surface area contributed by atoms with Crippen molar-refractivity contribution in [3.63, 3.8) is 0 Å². The zero-order valence-electron chi connectivity index (χ0n) is 21.4. The second kappa shape index (κ2) is 10.3. The highest BCUT2D eigenvalue weighted by molar-refractivity contribution is 5.92. The van der Waals surface area contributed by atoms with Crippen LogP contribution in [0.1, 0.15) is 49.5 Å². The lowest BCUT2D eigenvalue weighted by atomic mass is 9.55. The smallest absolute Gasteiger partial charge is 0.303 e. The van der Waals surface area contributed by atoms with Crippen LogP contribution in [0.5, 0.6) is 5.75 Å². The first-order valence-electron chi connectivity index (χ1n) is 12.5. The number of amides is 1. The number of likely N-dealkylation sites (tertiary alicyclic amines) is 1. The standard InChI is InChI=1S/C29H36N2O5/c1-5-15-31-16-14-28(24-7-6-8-26(33)18-24)19-25(11-13-29(28,20-31)36-22(3)32)30(4)27(34)10-9-23-12-17-35-21(23)2/h5-10,12,17-18,25,33H,1,11,13-16,19-20H2,2-4H3/b10-9+/t25-,28+,29+/m1/s1. The quantitative estimate of drug-likeness (QED) is 0.349. The van der Waals surface area contributed by atoms with Crippen LogP contribution in [0, 0.1) is 6.92 Å². The summed E-state index contributed by atoms with van der Waals surface area (Å²) in [6.07, 6.45) is 9.53. The lowest BCUT2D eigenvalue weighted by Crippen LogP contribution is -2.68. The van der Waals surface area contributed by atoms with Gasteiger partial charge in [-0.05, 0) is 69.0 Å². The number of esters is 1. The van der Waals surface area contributed by atoms with Gasteiger partial charge in [0.1, 0.15) is 17.1 Å².